The molecule has 1 fully saturated rings. The fraction of sp³-hybridized carbons (Fsp3) is 0.280. The monoisotopic (exact) mass is 531 g/mol. The van der Waals surface area contributed by atoms with Gasteiger partial charge in [0.15, 0.2) is 11.5 Å². The van der Waals surface area contributed by atoms with Gasteiger partial charge in [-0.05, 0) is 66.1 Å². The van der Waals surface area contributed by atoms with Crippen LogP contribution in [-0.2, 0) is 22.6 Å². The molecule has 0 aliphatic carbocycles. The van der Waals surface area contributed by atoms with Crippen molar-refractivity contribution in [2.75, 3.05) is 27.4 Å². The van der Waals surface area contributed by atoms with Gasteiger partial charge in [0.2, 0.25) is 0 Å². The third-order valence-electron chi connectivity index (χ3n) is 4.94. The van der Waals surface area contributed by atoms with Crippen LogP contribution in [0, 0.1) is 0 Å². The maximum absolute atomic E-state index is 12.7. The molecule has 2 amide bonds. The zero-order valence-corrected chi connectivity index (χ0v) is 21.0. The molecule has 2 aromatic carbocycles. The summed E-state index contributed by atoms with van der Waals surface area (Å²) in [6.07, 6.45) is 4.67. The van der Waals surface area contributed by atoms with Crippen molar-refractivity contribution in [3.63, 3.8) is 0 Å². The Morgan fingerprint density at radius 2 is 1.91 bits per heavy atom. The Balaban J connectivity index is 1.85. The Bertz CT molecular complexity index is 1050. The van der Waals surface area contributed by atoms with Crippen molar-refractivity contribution in [3.05, 3.63) is 75.1 Å². The minimum Gasteiger partial charge on any atom is -0.493 e. The van der Waals surface area contributed by atoms with E-state index < -0.39 is 0 Å². The predicted octanol–water partition coefficient (Wildman–Crippen LogP) is 5.84. The number of carbonyl (C=O) groups excluding carboxylic acids is 2. The summed E-state index contributed by atoms with van der Waals surface area (Å²) in [5, 5.41) is -0.268. The van der Waals surface area contributed by atoms with Gasteiger partial charge >= 0.3 is 0 Å². The summed E-state index contributed by atoms with van der Waals surface area (Å²) in [6, 6.07) is 11.6. The van der Waals surface area contributed by atoms with Crippen molar-refractivity contribution < 1.29 is 23.8 Å². The smallest absolute Gasteiger partial charge is 0.293 e. The molecule has 0 spiro atoms. The highest BCUT2D eigenvalue weighted by Gasteiger charge is 2.34. The van der Waals surface area contributed by atoms with E-state index >= 15 is 0 Å². The van der Waals surface area contributed by atoms with Crippen molar-refractivity contribution in [2.45, 2.75) is 19.4 Å². The number of benzene rings is 2. The van der Waals surface area contributed by atoms with E-state index in [4.69, 9.17) is 14.2 Å². The normalized spacial score (nSPS) is 14.8. The molecule has 0 bridgehead atoms. The molecule has 0 radical (unpaired) electrons. The Morgan fingerprint density at radius 3 is 2.58 bits per heavy atom. The molecule has 0 atom stereocenters. The number of hydrogen-bond donors (Lipinski definition) is 0. The van der Waals surface area contributed by atoms with Crippen LogP contribution in [0.4, 0.5) is 4.79 Å². The molecule has 1 aliphatic heterocycles. The summed E-state index contributed by atoms with van der Waals surface area (Å²) in [7, 11) is 3.17. The molecule has 8 heteroatoms. The van der Waals surface area contributed by atoms with Gasteiger partial charge < -0.3 is 14.2 Å². The number of hydrogen-bond acceptors (Lipinski definition) is 6. The number of allylic oxidation sites excluding steroid dienone is 1. The lowest BCUT2D eigenvalue weighted by atomic mass is 10.0. The fourth-order valence-electron chi connectivity index (χ4n) is 3.34. The van der Waals surface area contributed by atoms with E-state index in [0.29, 0.717) is 49.0 Å². The molecular weight excluding hydrogens is 506 g/mol. The zero-order chi connectivity index (χ0) is 23.8. The molecule has 0 saturated carbocycles. The lowest BCUT2D eigenvalue weighted by molar-refractivity contribution is -0.122. The van der Waals surface area contributed by atoms with Crippen LogP contribution in [0.2, 0.25) is 0 Å². The number of carbonyl (C=O) groups is 2. The molecule has 174 valence electrons. The second-order valence-corrected chi connectivity index (χ2v) is 9.21. The van der Waals surface area contributed by atoms with Gasteiger partial charge in [-0.15, -0.1) is 6.58 Å². The Labute approximate surface area is 206 Å². The third-order valence-corrected chi connectivity index (χ3v) is 6.37. The highest BCUT2D eigenvalue weighted by molar-refractivity contribution is 9.10. The topological polar surface area (TPSA) is 65.1 Å². The highest BCUT2D eigenvalue weighted by Crippen LogP contribution is 2.37. The lowest BCUT2D eigenvalue weighted by Gasteiger charge is -2.16. The summed E-state index contributed by atoms with van der Waals surface area (Å²) in [6.45, 7) is 5.05. The Hall–Kier alpha value is -2.55. The number of methoxy groups -OCH3 is 2. The van der Waals surface area contributed by atoms with Gasteiger partial charge in [0.05, 0.1) is 12.0 Å². The van der Waals surface area contributed by atoms with E-state index in [9.17, 15) is 9.59 Å². The fourth-order valence-corrected chi connectivity index (χ4v) is 4.47. The van der Waals surface area contributed by atoms with Gasteiger partial charge in [-0.1, -0.05) is 34.1 Å². The number of rotatable bonds is 11. The van der Waals surface area contributed by atoms with Crippen LogP contribution in [0.5, 0.6) is 11.5 Å². The number of thioether (sulfide) groups is 1. The first-order chi connectivity index (χ1) is 16.0. The second-order valence-electron chi connectivity index (χ2n) is 7.30. The van der Waals surface area contributed by atoms with Crippen LogP contribution in [-0.4, -0.2) is 43.4 Å². The van der Waals surface area contributed by atoms with E-state index in [1.54, 1.807) is 26.4 Å². The van der Waals surface area contributed by atoms with Crippen molar-refractivity contribution in [1.29, 1.82) is 0 Å². The summed E-state index contributed by atoms with van der Waals surface area (Å²) in [5.41, 5.74) is 2.66. The van der Waals surface area contributed by atoms with Crippen LogP contribution in [0.15, 0.2) is 58.4 Å². The van der Waals surface area contributed by atoms with Crippen LogP contribution in [0.3, 0.4) is 0 Å². The van der Waals surface area contributed by atoms with Crippen LogP contribution in [0.25, 0.3) is 6.08 Å². The molecule has 0 aromatic heterocycles. The Morgan fingerprint density at radius 1 is 1.15 bits per heavy atom. The molecule has 2 aromatic rings. The minimum absolute atomic E-state index is 0.268. The van der Waals surface area contributed by atoms with Gasteiger partial charge in [0, 0.05) is 30.3 Å². The van der Waals surface area contributed by atoms with Gasteiger partial charge in [-0.2, -0.15) is 0 Å². The largest absolute Gasteiger partial charge is 0.493 e. The van der Waals surface area contributed by atoms with E-state index in [1.165, 1.54) is 4.90 Å². The number of nitrogens with zero attached hydrogens (tertiary/aromatic N) is 1. The number of imide groups is 1. The van der Waals surface area contributed by atoms with Crippen molar-refractivity contribution in [2.24, 2.45) is 0 Å². The van der Waals surface area contributed by atoms with Gasteiger partial charge in [0.25, 0.3) is 11.1 Å². The van der Waals surface area contributed by atoms with Gasteiger partial charge in [-0.25, -0.2) is 0 Å². The zero-order valence-electron chi connectivity index (χ0n) is 18.6. The predicted molar refractivity (Wildman–Crippen MR) is 135 cm³/mol. The van der Waals surface area contributed by atoms with Crippen LogP contribution < -0.4 is 9.47 Å². The summed E-state index contributed by atoms with van der Waals surface area (Å²) in [4.78, 5) is 26.7. The summed E-state index contributed by atoms with van der Waals surface area (Å²) < 4.78 is 17.7. The van der Waals surface area contributed by atoms with Crippen LogP contribution in [0.1, 0.15) is 23.1 Å². The maximum Gasteiger partial charge on any atom is 0.293 e. The number of ether oxygens (including phenoxy) is 3. The van der Waals surface area contributed by atoms with Crippen molar-refractivity contribution >= 4 is 44.9 Å². The molecule has 0 N–H and O–H groups in total. The van der Waals surface area contributed by atoms with Crippen LogP contribution >= 0.6 is 27.7 Å². The average Bonchev–Trinajstić information content (AvgIpc) is 3.06. The average molecular weight is 532 g/mol. The van der Waals surface area contributed by atoms with E-state index in [2.05, 4.69) is 22.5 Å². The minimum atomic E-state index is -0.291. The van der Waals surface area contributed by atoms with Crippen molar-refractivity contribution in [1.82, 2.24) is 4.90 Å². The molecular formula is C25H26BrNO5S. The van der Waals surface area contributed by atoms with E-state index in [-0.39, 0.29) is 11.1 Å². The van der Waals surface area contributed by atoms with E-state index in [1.807, 2.05) is 36.4 Å². The molecule has 33 heavy (non-hydrogen) atoms. The standard InChI is InChI=1S/C25H26BrNO5S/c1-4-6-19-13-18(15-22-24(28)27(25(29)33-22)11-5-12-30-2)14-21(31-3)23(19)32-16-17-7-9-20(26)10-8-17/h4,7-10,13-15H,1,5-6,11-12,16H2,2-3H3/b22-15+. The molecule has 1 aliphatic rings. The summed E-state index contributed by atoms with van der Waals surface area (Å²) >= 11 is 4.38. The lowest BCUT2D eigenvalue weighted by Crippen LogP contribution is -2.29. The summed E-state index contributed by atoms with van der Waals surface area (Å²) in [5.74, 6) is 0.892. The second kappa shape index (κ2) is 12.1. The molecule has 1 saturated heterocycles. The SMILES string of the molecule is C=CCc1cc(/C=C2/SC(=O)N(CCCOC)C2=O)cc(OC)c1OCc1ccc(Br)cc1. The number of amides is 2. The van der Waals surface area contributed by atoms with Gasteiger partial charge in [0.1, 0.15) is 6.61 Å². The first-order valence-corrected chi connectivity index (χ1v) is 12.0. The van der Waals surface area contributed by atoms with E-state index in [0.717, 1.165) is 32.9 Å². The first kappa shape index (κ1) is 25.1. The maximum atomic E-state index is 12.7. The number of halogens is 1. The highest BCUT2D eigenvalue weighted by atomic mass is 79.9. The Kier molecular flexibility index (Phi) is 9.17. The molecule has 1 heterocycles. The quantitative estimate of drug-likeness (QED) is 0.206. The molecule has 6 nitrogen and oxygen atoms in total. The van der Waals surface area contributed by atoms with Crippen molar-refractivity contribution in [3.8, 4) is 11.5 Å². The first-order valence-electron chi connectivity index (χ1n) is 10.4. The van der Waals surface area contributed by atoms with Gasteiger partial charge in [-0.3, -0.25) is 14.5 Å². The molecule has 3 rings (SSSR count). The molecule has 0 unspecified atom stereocenters. The third kappa shape index (κ3) is 6.50.